The molecule has 1 aromatic carbocycles. The van der Waals surface area contributed by atoms with E-state index in [0.717, 1.165) is 4.68 Å². The standard InChI is InChI=1S/C21H20F2N4O4/c22-19(23)13-5-3-12(4-6-13)16-8-15(20(29)25-17-10-31-11-18(17)28)21(30)27(26-16)14-2-1-7-24-9-14/h1-9,17-20,25,28-29H,10-11H2/t17-,18+,20?/m1/s1. The fourth-order valence-electron chi connectivity index (χ4n) is 3.30. The van der Waals surface area contributed by atoms with Gasteiger partial charge in [0.2, 0.25) is 0 Å². The van der Waals surface area contributed by atoms with Crippen molar-refractivity contribution in [1.29, 1.82) is 0 Å². The zero-order valence-corrected chi connectivity index (χ0v) is 16.2. The second-order valence-electron chi connectivity index (χ2n) is 7.12. The van der Waals surface area contributed by atoms with Crippen LogP contribution in [0.15, 0.2) is 59.7 Å². The number of alkyl halides is 2. The van der Waals surface area contributed by atoms with Gasteiger partial charge in [-0.3, -0.25) is 15.1 Å². The average molecular weight is 430 g/mol. The summed E-state index contributed by atoms with van der Waals surface area (Å²) >= 11 is 0. The van der Waals surface area contributed by atoms with Gasteiger partial charge in [-0.05, 0) is 18.2 Å². The molecule has 1 aliphatic heterocycles. The van der Waals surface area contributed by atoms with Crippen molar-refractivity contribution in [3.63, 3.8) is 0 Å². The molecule has 3 N–H and O–H groups in total. The van der Waals surface area contributed by atoms with Crippen molar-refractivity contribution in [3.8, 4) is 16.9 Å². The van der Waals surface area contributed by atoms with Crippen LogP contribution in [-0.2, 0) is 4.74 Å². The van der Waals surface area contributed by atoms with Crippen LogP contribution in [0.4, 0.5) is 8.78 Å². The summed E-state index contributed by atoms with van der Waals surface area (Å²) < 4.78 is 32.0. The van der Waals surface area contributed by atoms with Crippen molar-refractivity contribution in [2.24, 2.45) is 0 Å². The highest BCUT2D eigenvalue weighted by molar-refractivity contribution is 5.60. The topological polar surface area (TPSA) is 110 Å². The molecule has 0 aliphatic carbocycles. The van der Waals surface area contributed by atoms with Crippen LogP contribution in [0.3, 0.4) is 0 Å². The van der Waals surface area contributed by atoms with Gasteiger partial charge in [0.15, 0.2) is 0 Å². The lowest BCUT2D eigenvalue weighted by molar-refractivity contribution is 0.0842. The first-order valence-electron chi connectivity index (χ1n) is 9.57. The number of rotatable bonds is 6. The van der Waals surface area contributed by atoms with Gasteiger partial charge >= 0.3 is 0 Å². The minimum atomic E-state index is -2.60. The quantitative estimate of drug-likeness (QED) is 0.510. The molecule has 3 heterocycles. The Kier molecular flexibility index (Phi) is 6.14. The molecule has 0 amide bonds. The Labute approximate surface area is 175 Å². The molecule has 10 heteroatoms. The number of aliphatic hydroxyl groups is 2. The van der Waals surface area contributed by atoms with E-state index in [1.165, 1.54) is 36.5 Å². The molecule has 0 spiro atoms. The third-order valence-corrected chi connectivity index (χ3v) is 5.01. The van der Waals surface area contributed by atoms with Gasteiger partial charge < -0.3 is 14.9 Å². The molecule has 0 saturated carbocycles. The van der Waals surface area contributed by atoms with Crippen LogP contribution in [0, 0.1) is 0 Å². The fourth-order valence-corrected chi connectivity index (χ4v) is 3.30. The predicted octanol–water partition coefficient (Wildman–Crippen LogP) is 1.57. The van der Waals surface area contributed by atoms with Gasteiger partial charge in [0.1, 0.15) is 6.23 Å². The first-order chi connectivity index (χ1) is 14.9. The number of ether oxygens (including phenoxy) is 1. The van der Waals surface area contributed by atoms with Crippen molar-refractivity contribution in [3.05, 3.63) is 76.3 Å². The van der Waals surface area contributed by atoms with Crippen LogP contribution in [0.25, 0.3) is 16.9 Å². The Hall–Kier alpha value is -3.05. The third-order valence-electron chi connectivity index (χ3n) is 5.01. The van der Waals surface area contributed by atoms with Gasteiger partial charge in [0.05, 0.1) is 48.5 Å². The molecular weight excluding hydrogens is 410 g/mol. The summed E-state index contributed by atoms with van der Waals surface area (Å²) in [4.78, 5) is 17.1. The lowest BCUT2D eigenvalue weighted by Gasteiger charge is -2.20. The number of hydrogen-bond acceptors (Lipinski definition) is 7. The Morgan fingerprint density at radius 1 is 1.19 bits per heavy atom. The highest BCUT2D eigenvalue weighted by Gasteiger charge is 2.29. The first kappa shape index (κ1) is 21.2. The third kappa shape index (κ3) is 4.52. The van der Waals surface area contributed by atoms with Crippen LogP contribution in [0.5, 0.6) is 0 Å². The Morgan fingerprint density at radius 3 is 2.58 bits per heavy atom. The van der Waals surface area contributed by atoms with Crippen molar-refractivity contribution in [1.82, 2.24) is 20.1 Å². The molecule has 31 heavy (non-hydrogen) atoms. The van der Waals surface area contributed by atoms with E-state index in [1.54, 1.807) is 18.3 Å². The summed E-state index contributed by atoms with van der Waals surface area (Å²) in [5.41, 5.74) is 0.404. The number of nitrogens with zero attached hydrogens (tertiary/aromatic N) is 3. The van der Waals surface area contributed by atoms with Crippen molar-refractivity contribution < 1.29 is 23.7 Å². The number of nitrogens with one attached hydrogen (secondary N) is 1. The Bertz CT molecular complexity index is 1090. The minimum Gasteiger partial charge on any atom is -0.389 e. The summed E-state index contributed by atoms with van der Waals surface area (Å²) in [7, 11) is 0. The summed E-state index contributed by atoms with van der Waals surface area (Å²) in [6.07, 6.45) is -1.86. The van der Waals surface area contributed by atoms with Gasteiger partial charge in [-0.25, -0.2) is 8.78 Å². The van der Waals surface area contributed by atoms with Crippen LogP contribution in [-0.4, -0.2) is 50.3 Å². The zero-order chi connectivity index (χ0) is 22.0. The molecule has 0 radical (unpaired) electrons. The lowest BCUT2D eigenvalue weighted by atomic mass is 10.1. The van der Waals surface area contributed by atoms with Gasteiger partial charge in [-0.2, -0.15) is 9.78 Å². The highest BCUT2D eigenvalue weighted by Crippen LogP contribution is 2.24. The lowest BCUT2D eigenvalue weighted by Crippen LogP contribution is -2.43. The average Bonchev–Trinajstić information content (AvgIpc) is 3.18. The van der Waals surface area contributed by atoms with E-state index >= 15 is 0 Å². The van der Waals surface area contributed by atoms with Crippen molar-refractivity contribution in [2.75, 3.05) is 13.2 Å². The maximum Gasteiger partial charge on any atom is 0.278 e. The highest BCUT2D eigenvalue weighted by atomic mass is 19.3. The van der Waals surface area contributed by atoms with E-state index in [1.807, 2.05) is 0 Å². The summed E-state index contributed by atoms with van der Waals surface area (Å²) in [5, 5.41) is 27.8. The Balaban J connectivity index is 1.78. The van der Waals surface area contributed by atoms with Crippen LogP contribution in [0.2, 0.25) is 0 Å². The van der Waals surface area contributed by atoms with E-state index in [4.69, 9.17) is 4.74 Å². The van der Waals surface area contributed by atoms with Crippen LogP contribution >= 0.6 is 0 Å². The molecule has 3 aromatic rings. The summed E-state index contributed by atoms with van der Waals surface area (Å²) in [5.74, 6) is 0. The smallest absolute Gasteiger partial charge is 0.278 e. The van der Waals surface area contributed by atoms with Gasteiger partial charge in [0.25, 0.3) is 12.0 Å². The maximum atomic E-state index is 13.1. The number of hydrogen-bond donors (Lipinski definition) is 3. The van der Waals surface area contributed by atoms with E-state index in [9.17, 15) is 23.8 Å². The second kappa shape index (κ2) is 8.98. The number of aromatic nitrogens is 3. The SMILES string of the molecule is O=c1c(C(O)N[C@@H]2COC[C@@H]2O)cc(-c2ccc(C(F)F)cc2)nn1-c1cccnc1. The van der Waals surface area contributed by atoms with Gasteiger partial charge in [-0.1, -0.05) is 24.3 Å². The molecule has 0 bridgehead atoms. The van der Waals surface area contributed by atoms with E-state index < -0.39 is 30.4 Å². The molecule has 2 aromatic heterocycles. The monoisotopic (exact) mass is 430 g/mol. The summed E-state index contributed by atoms with van der Waals surface area (Å²) in [6, 6.07) is 9.61. The van der Waals surface area contributed by atoms with Crippen LogP contribution in [0.1, 0.15) is 23.8 Å². The largest absolute Gasteiger partial charge is 0.389 e. The predicted molar refractivity (Wildman–Crippen MR) is 107 cm³/mol. The number of pyridine rings is 1. The normalized spacial score (nSPS) is 19.6. The Morgan fingerprint density at radius 2 is 1.97 bits per heavy atom. The van der Waals surface area contributed by atoms with Gasteiger partial charge in [-0.15, -0.1) is 0 Å². The second-order valence-corrected chi connectivity index (χ2v) is 7.12. The van der Waals surface area contributed by atoms with E-state index in [0.29, 0.717) is 16.9 Å². The van der Waals surface area contributed by atoms with E-state index in [-0.39, 0.29) is 24.3 Å². The number of benzene rings is 1. The molecule has 8 nitrogen and oxygen atoms in total. The molecule has 4 rings (SSSR count). The molecule has 1 fully saturated rings. The minimum absolute atomic E-state index is 0.0223. The zero-order valence-electron chi connectivity index (χ0n) is 16.2. The molecule has 3 atom stereocenters. The van der Waals surface area contributed by atoms with Gasteiger partial charge in [0, 0.05) is 17.3 Å². The fraction of sp³-hybridized carbons (Fsp3) is 0.286. The van der Waals surface area contributed by atoms with Crippen molar-refractivity contribution in [2.45, 2.75) is 24.8 Å². The summed E-state index contributed by atoms with van der Waals surface area (Å²) in [6.45, 7) is 0.310. The molecule has 1 unspecified atom stereocenters. The van der Waals surface area contributed by atoms with E-state index in [2.05, 4.69) is 15.4 Å². The van der Waals surface area contributed by atoms with Crippen molar-refractivity contribution >= 4 is 0 Å². The molecule has 1 aliphatic rings. The first-order valence-corrected chi connectivity index (χ1v) is 9.57. The molecular formula is C21H20F2N4O4. The maximum absolute atomic E-state index is 13.1. The molecule has 162 valence electrons. The number of halogens is 2. The number of aliphatic hydroxyl groups excluding tert-OH is 2. The van der Waals surface area contributed by atoms with Crippen LogP contribution < -0.4 is 10.9 Å². The molecule has 1 saturated heterocycles.